The number of aliphatic hydroxyl groups excluding tert-OH is 1. The van der Waals surface area contributed by atoms with Crippen LogP contribution in [0.25, 0.3) is 0 Å². The number of amides is 1. The van der Waals surface area contributed by atoms with Crippen LogP contribution in [0.2, 0.25) is 0 Å². The Morgan fingerprint density at radius 1 is 1.37 bits per heavy atom. The van der Waals surface area contributed by atoms with Crippen molar-refractivity contribution in [3.63, 3.8) is 0 Å². The van der Waals surface area contributed by atoms with Crippen molar-refractivity contribution in [3.05, 3.63) is 0 Å². The van der Waals surface area contributed by atoms with Crippen molar-refractivity contribution in [3.8, 4) is 0 Å². The molecule has 1 N–H and O–H groups in total. The minimum Gasteiger partial charge on any atom is -0.447 e. The summed E-state index contributed by atoms with van der Waals surface area (Å²) in [5.41, 5.74) is 0. The summed E-state index contributed by atoms with van der Waals surface area (Å²) in [5, 5.41) is 8.58. The summed E-state index contributed by atoms with van der Waals surface area (Å²) in [4.78, 5) is 13.1. The van der Waals surface area contributed by atoms with E-state index in [4.69, 9.17) is 13.8 Å². The summed E-state index contributed by atoms with van der Waals surface area (Å²) in [6.45, 7) is 1.37. The Kier molecular flexibility index (Phi) is 6.58. The quantitative estimate of drug-likeness (QED) is 0.428. The number of aliphatic hydroxyl groups is 1. The molecule has 1 amide bonds. The van der Waals surface area contributed by atoms with Crippen LogP contribution >= 0.6 is 20.6 Å². The van der Waals surface area contributed by atoms with Crippen molar-refractivity contribution in [2.24, 2.45) is 0 Å². The van der Waals surface area contributed by atoms with Gasteiger partial charge in [-0.2, -0.15) is 0 Å². The lowest BCUT2D eigenvalue weighted by Crippen LogP contribution is -2.48. The second kappa shape index (κ2) is 7.47. The van der Waals surface area contributed by atoms with Crippen molar-refractivity contribution in [1.29, 1.82) is 0 Å². The highest BCUT2D eigenvalue weighted by molar-refractivity contribution is 7.81. The van der Waals surface area contributed by atoms with E-state index in [9.17, 15) is 9.36 Å². The smallest absolute Gasteiger partial charge is 0.409 e. The number of piperazine rings is 1. The number of nitrogens with zero attached hydrogens (tertiary/aromatic N) is 3. The fraction of sp³-hybridized carbons (Fsp3) is 0.889. The largest absolute Gasteiger partial charge is 0.447 e. The van der Waals surface area contributed by atoms with Crippen LogP contribution in [0.4, 0.5) is 4.79 Å². The number of carbonyl (C=O) groups is 1. The van der Waals surface area contributed by atoms with Gasteiger partial charge in [0.15, 0.2) is 0 Å². The molecule has 1 heterocycles. The van der Waals surface area contributed by atoms with E-state index in [0.717, 1.165) is 0 Å². The lowest BCUT2D eigenvalue weighted by atomic mass is 10.4. The fourth-order valence-electron chi connectivity index (χ4n) is 1.73. The molecular formula is C9H20N3O5PS. The minimum atomic E-state index is -3.11. The average Bonchev–Trinajstić information content (AvgIpc) is 2.43. The summed E-state index contributed by atoms with van der Waals surface area (Å²) >= 11 is 3.68. The van der Waals surface area contributed by atoms with Gasteiger partial charge in [0.25, 0.3) is 0 Å². The topological polar surface area (TPSA) is 82.6 Å². The van der Waals surface area contributed by atoms with E-state index < -0.39 is 13.8 Å². The molecule has 19 heavy (non-hydrogen) atoms. The summed E-state index contributed by atoms with van der Waals surface area (Å²) in [6.07, 6.45) is -0.472. The highest BCUT2D eigenvalue weighted by atomic mass is 32.1. The van der Waals surface area contributed by atoms with Gasteiger partial charge in [-0.05, 0) is 27.0 Å². The maximum absolute atomic E-state index is 12.5. The molecule has 0 saturated carbocycles. The first kappa shape index (κ1) is 16.7. The third kappa shape index (κ3) is 4.08. The first-order valence-electron chi connectivity index (χ1n) is 5.84. The number of rotatable bonds is 5. The van der Waals surface area contributed by atoms with E-state index in [1.54, 1.807) is 18.8 Å². The van der Waals surface area contributed by atoms with E-state index in [0.29, 0.717) is 26.2 Å². The van der Waals surface area contributed by atoms with E-state index in [2.05, 4.69) is 12.9 Å². The van der Waals surface area contributed by atoms with Crippen molar-refractivity contribution in [1.82, 2.24) is 14.2 Å². The van der Waals surface area contributed by atoms with Gasteiger partial charge >= 0.3 is 13.8 Å². The normalized spacial score (nSPS) is 20.4. The predicted molar refractivity (Wildman–Crippen MR) is 72.9 cm³/mol. The molecule has 0 radical (unpaired) electrons. The average molecular weight is 313 g/mol. The first-order chi connectivity index (χ1) is 8.95. The molecule has 10 heteroatoms. The summed E-state index contributed by atoms with van der Waals surface area (Å²) in [6, 6.07) is 0. The van der Waals surface area contributed by atoms with Crippen LogP contribution in [-0.4, -0.2) is 78.9 Å². The molecule has 0 aromatic carbocycles. The molecule has 0 aromatic heterocycles. The summed E-state index contributed by atoms with van der Waals surface area (Å²) in [7, 11) is 0.190. The molecule has 1 unspecified atom stereocenters. The zero-order valence-electron chi connectivity index (χ0n) is 11.1. The van der Waals surface area contributed by atoms with Crippen LogP contribution in [0.1, 0.15) is 0 Å². The zero-order chi connectivity index (χ0) is 14.5. The van der Waals surface area contributed by atoms with Gasteiger partial charge in [-0.15, -0.1) is 0 Å². The van der Waals surface area contributed by atoms with Crippen molar-refractivity contribution >= 4 is 26.7 Å². The summed E-state index contributed by atoms with van der Waals surface area (Å²) < 4.78 is 25.3. The molecule has 8 nitrogen and oxygen atoms in total. The van der Waals surface area contributed by atoms with Gasteiger partial charge in [-0.1, -0.05) is 0 Å². The molecule has 1 fully saturated rings. The first-order valence-corrected chi connectivity index (χ1v) is 7.74. The third-order valence-corrected chi connectivity index (χ3v) is 5.78. The monoisotopic (exact) mass is 313 g/mol. The Bertz CT molecular complexity index is 349. The Morgan fingerprint density at radius 2 is 1.95 bits per heavy atom. The Hall–Kier alpha value is -0.310. The Morgan fingerprint density at radius 3 is 2.37 bits per heavy atom. The molecule has 1 aliphatic rings. The molecule has 1 atom stereocenters. The van der Waals surface area contributed by atoms with Gasteiger partial charge in [-0.3, -0.25) is 4.57 Å². The second-order valence-corrected chi connectivity index (χ2v) is 7.20. The van der Waals surface area contributed by atoms with Gasteiger partial charge in [-0.25, -0.2) is 18.1 Å². The maximum atomic E-state index is 12.5. The molecule has 1 saturated heterocycles. The number of ether oxygens (including phenoxy) is 1. The molecule has 0 aliphatic carbocycles. The molecule has 1 rings (SSSR count). The SMILES string of the molecule is CN(C)P(=O)(OS)N1CCN(C(=O)OCCO)CC1. The molecule has 0 bridgehead atoms. The maximum Gasteiger partial charge on any atom is 0.409 e. The van der Waals surface area contributed by atoms with Crippen LogP contribution in [0.3, 0.4) is 0 Å². The standard InChI is InChI=1S/C9H20N3O5PS/c1-10(2)18(15,17-19)12-5-3-11(4-6-12)9(14)16-8-7-13/h13,19H,3-8H2,1-2H3. The van der Waals surface area contributed by atoms with Gasteiger partial charge in [0.05, 0.1) is 6.61 Å². The van der Waals surface area contributed by atoms with Gasteiger partial charge in [0.1, 0.15) is 6.61 Å². The van der Waals surface area contributed by atoms with Gasteiger partial charge < -0.3 is 14.7 Å². The number of hydrogen-bond acceptors (Lipinski definition) is 6. The van der Waals surface area contributed by atoms with E-state index in [-0.39, 0.29) is 13.2 Å². The molecular weight excluding hydrogens is 293 g/mol. The molecule has 1 aliphatic heterocycles. The zero-order valence-corrected chi connectivity index (χ0v) is 12.8. The highest BCUT2D eigenvalue weighted by Crippen LogP contribution is 2.53. The molecule has 0 aromatic rings. The minimum absolute atomic E-state index is 0.0189. The fourth-order valence-corrected chi connectivity index (χ4v) is 3.92. The molecule has 112 valence electrons. The van der Waals surface area contributed by atoms with Crippen LogP contribution in [0.5, 0.6) is 0 Å². The Balaban J connectivity index is 2.53. The van der Waals surface area contributed by atoms with Crippen LogP contribution in [0.15, 0.2) is 0 Å². The lowest BCUT2D eigenvalue weighted by Gasteiger charge is -2.38. The highest BCUT2D eigenvalue weighted by Gasteiger charge is 2.37. The number of carbonyl (C=O) groups excluding carboxylic acids is 1. The van der Waals surface area contributed by atoms with E-state index in [1.807, 2.05) is 0 Å². The molecule has 0 spiro atoms. The van der Waals surface area contributed by atoms with Crippen LogP contribution < -0.4 is 0 Å². The summed E-state index contributed by atoms with van der Waals surface area (Å²) in [5.74, 6) is 0. The van der Waals surface area contributed by atoms with Crippen molar-refractivity contribution in [2.45, 2.75) is 0 Å². The van der Waals surface area contributed by atoms with Gasteiger partial charge in [0.2, 0.25) is 0 Å². The third-order valence-electron chi connectivity index (χ3n) is 2.80. The number of hydrogen-bond donors (Lipinski definition) is 2. The van der Waals surface area contributed by atoms with E-state index in [1.165, 1.54) is 9.57 Å². The van der Waals surface area contributed by atoms with Crippen molar-refractivity contribution in [2.75, 3.05) is 53.5 Å². The Labute approximate surface area is 118 Å². The van der Waals surface area contributed by atoms with Gasteiger partial charge in [0, 0.05) is 26.2 Å². The van der Waals surface area contributed by atoms with E-state index >= 15 is 0 Å². The van der Waals surface area contributed by atoms with Crippen molar-refractivity contribution < 1.29 is 23.2 Å². The van der Waals surface area contributed by atoms with Crippen LogP contribution in [-0.2, 0) is 13.3 Å². The lowest BCUT2D eigenvalue weighted by molar-refractivity contribution is 0.0725. The number of thiol groups is 1. The second-order valence-electron chi connectivity index (χ2n) is 4.20. The van der Waals surface area contributed by atoms with Crippen LogP contribution in [0, 0.1) is 0 Å². The predicted octanol–water partition coefficient (Wildman–Crippen LogP) is 0.264.